The number of aromatic nitrogens is 1. The van der Waals surface area contributed by atoms with E-state index in [0.717, 1.165) is 30.9 Å². The van der Waals surface area contributed by atoms with E-state index in [9.17, 15) is 0 Å². The zero-order chi connectivity index (χ0) is 13.9. The summed E-state index contributed by atoms with van der Waals surface area (Å²) in [5.74, 6) is 0. The highest BCUT2D eigenvalue weighted by Gasteiger charge is 2.24. The minimum atomic E-state index is 0.399. The van der Waals surface area contributed by atoms with Gasteiger partial charge in [0, 0.05) is 24.5 Å². The Labute approximate surface area is 128 Å². The minimum absolute atomic E-state index is 0.399. The van der Waals surface area contributed by atoms with Gasteiger partial charge < -0.3 is 10.2 Å². The van der Waals surface area contributed by atoms with Gasteiger partial charge in [-0.25, -0.2) is 0 Å². The summed E-state index contributed by atoms with van der Waals surface area (Å²) < 4.78 is 0. The molecular formula is C15H15Cl2N3. The summed E-state index contributed by atoms with van der Waals surface area (Å²) in [7, 11) is 0. The molecule has 1 aromatic heterocycles. The number of anilines is 2. The van der Waals surface area contributed by atoms with Crippen molar-refractivity contribution in [2.45, 2.75) is 12.5 Å². The Bertz CT molecular complexity index is 583. The van der Waals surface area contributed by atoms with Gasteiger partial charge >= 0.3 is 0 Å². The van der Waals surface area contributed by atoms with E-state index in [1.165, 1.54) is 0 Å². The summed E-state index contributed by atoms with van der Waals surface area (Å²) in [5.41, 5.74) is 2.11. The fraction of sp³-hybridized carbons (Fsp3) is 0.267. The summed E-state index contributed by atoms with van der Waals surface area (Å²) in [6, 6.07) is 10.2. The molecule has 1 N–H and O–H groups in total. The van der Waals surface area contributed by atoms with E-state index in [1.54, 1.807) is 6.20 Å². The first kappa shape index (κ1) is 13.7. The molecule has 2 aromatic rings. The number of rotatable bonds is 3. The highest BCUT2D eigenvalue weighted by Crippen LogP contribution is 2.33. The Kier molecular flexibility index (Phi) is 4.10. The number of hydrogen-bond acceptors (Lipinski definition) is 3. The van der Waals surface area contributed by atoms with Crippen LogP contribution in [0.2, 0.25) is 10.0 Å². The lowest BCUT2D eigenvalue weighted by Gasteiger charge is -2.30. The normalized spacial score (nSPS) is 18.2. The quantitative estimate of drug-likeness (QED) is 0.932. The fourth-order valence-corrected chi connectivity index (χ4v) is 2.85. The zero-order valence-electron chi connectivity index (χ0n) is 10.9. The average molecular weight is 308 g/mol. The molecule has 3 rings (SSSR count). The molecule has 0 bridgehead atoms. The highest BCUT2D eigenvalue weighted by molar-refractivity contribution is 6.42. The Morgan fingerprint density at radius 3 is 2.70 bits per heavy atom. The van der Waals surface area contributed by atoms with Gasteiger partial charge in [0.1, 0.15) is 0 Å². The summed E-state index contributed by atoms with van der Waals surface area (Å²) in [6.07, 6.45) is 4.75. The molecule has 1 aliphatic rings. The first-order valence-electron chi connectivity index (χ1n) is 6.61. The number of nitrogens with zero attached hydrogens (tertiary/aromatic N) is 2. The van der Waals surface area contributed by atoms with Gasteiger partial charge in [-0.15, -0.1) is 0 Å². The number of halogens is 2. The number of benzene rings is 1. The van der Waals surface area contributed by atoms with Gasteiger partial charge in [0.05, 0.1) is 21.9 Å². The second-order valence-corrected chi connectivity index (χ2v) is 5.64. The highest BCUT2D eigenvalue weighted by atomic mass is 35.5. The summed E-state index contributed by atoms with van der Waals surface area (Å²) in [6.45, 7) is 1.98. The van der Waals surface area contributed by atoms with Gasteiger partial charge in [-0.05, 0) is 43.3 Å². The number of pyridine rings is 1. The molecular weight excluding hydrogens is 293 g/mol. The largest absolute Gasteiger partial charge is 0.336 e. The van der Waals surface area contributed by atoms with Crippen molar-refractivity contribution in [3.63, 3.8) is 0 Å². The van der Waals surface area contributed by atoms with Crippen molar-refractivity contribution in [1.82, 2.24) is 10.3 Å². The number of hydrogen-bond donors (Lipinski definition) is 1. The molecule has 20 heavy (non-hydrogen) atoms. The van der Waals surface area contributed by atoms with Crippen molar-refractivity contribution < 1.29 is 0 Å². The summed E-state index contributed by atoms with van der Waals surface area (Å²) >= 11 is 12.2. The first-order chi connectivity index (χ1) is 9.75. The van der Waals surface area contributed by atoms with Gasteiger partial charge in [0.2, 0.25) is 0 Å². The SMILES string of the molecule is Clc1ccc(N(c2cccnc2)C2CCNC2)cc1Cl. The van der Waals surface area contributed by atoms with Crippen LogP contribution in [0.4, 0.5) is 11.4 Å². The monoisotopic (exact) mass is 307 g/mol. The number of nitrogens with one attached hydrogen (secondary N) is 1. The van der Waals surface area contributed by atoms with Crippen molar-refractivity contribution in [2.24, 2.45) is 0 Å². The van der Waals surface area contributed by atoms with Crippen LogP contribution in [0.15, 0.2) is 42.7 Å². The lowest BCUT2D eigenvalue weighted by molar-refractivity contribution is 0.711. The average Bonchev–Trinajstić information content (AvgIpc) is 2.98. The van der Waals surface area contributed by atoms with Crippen LogP contribution in [-0.4, -0.2) is 24.1 Å². The van der Waals surface area contributed by atoms with E-state index in [4.69, 9.17) is 23.2 Å². The maximum absolute atomic E-state index is 6.16. The molecule has 5 heteroatoms. The molecule has 1 fully saturated rings. The van der Waals surface area contributed by atoms with E-state index in [2.05, 4.69) is 21.3 Å². The standard InChI is InChI=1S/C15H15Cl2N3/c16-14-4-3-11(8-15(14)17)20(13-5-7-19-10-13)12-2-1-6-18-9-12/h1-4,6,8-9,13,19H,5,7,10H2. The molecule has 1 atom stereocenters. The third-order valence-electron chi connectivity index (χ3n) is 3.50. The first-order valence-corrected chi connectivity index (χ1v) is 7.36. The second-order valence-electron chi connectivity index (χ2n) is 4.83. The van der Waals surface area contributed by atoms with Crippen molar-refractivity contribution in [3.05, 3.63) is 52.8 Å². The minimum Gasteiger partial charge on any atom is -0.336 e. The smallest absolute Gasteiger partial charge is 0.0613 e. The molecule has 0 amide bonds. The third kappa shape index (κ3) is 2.75. The molecule has 1 aromatic carbocycles. The molecule has 1 saturated heterocycles. The molecule has 2 heterocycles. The van der Waals surface area contributed by atoms with Crippen LogP contribution in [0, 0.1) is 0 Å². The Morgan fingerprint density at radius 2 is 2.05 bits per heavy atom. The van der Waals surface area contributed by atoms with Crippen LogP contribution in [0.5, 0.6) is 0 Å². The van der Waals surface area contributed by atoms with E-state index in [0.29, 0.717) is 16.1 Å². The van der Waals surface area contributed by atoms with Gasteiger partial charge in [-0.1, -0.05) is 23.2 Å². The van der Waals surface area contributed by atoms with Crippen LogP contribution < -0.4 is 10.2 Å². The lowest BCUT2D eigenvalue weighted by Crippen LogP contribution is -2.33. The van der Waals surface area contributed by atoms with Crippen LogP contribution in [0.1, 0.15) is 6.42 Å². The van der Waals surface area contributed by atoms with Crippen molar-refractivity contribution >= 4 is 34.6 Å². The van der Waals surface area contributed by atoms with Crippen LogP contribution >= 0.6 is 23.2 Å². The van der Waals surface area contributed by atoms with Crippen molar-refractivity contribution in [1.29, 1.82) is 0 Å². The molecule has 104 valence electrons. The van der Waals surface area contributed by atoms with E-state index >= 15 is 0 Å². The van der Waals surface area contributed by atoms with E-state index in [-0.39, 0.29) is 0 Å². The molecule has 0 radical (unpaired) electrons. The van der Waals surface area contributed by atoms with E-state index < -0.39 is 0 Å². The molecule has 3 nitrogen and oxygen atoms in total. The van der Waals surface area contributed by atoms with Crippen molar-refractivity contribution in [3.8, 4) is 0 Å². The molecule has 0 spiro atoms. The third-order valence-corrected chi connectivity index (χ3v) is 4.24. The molecule has 0 aliphatic carbocycles. The van der Waals surface area contributed by atoms with Crippen LogP contribution in [-0.2, 0) is 0 Å². The van der Waals surface area contributed by atoms with Gasteiger partial charge in [0.15, 0.2) is 0 Å². The fourth-order valence-electron chi connectivity index (χ4n) is 2.56. The van der Waals surface area contributed by atoms with Crippen LogP contribution in [0.25, 0.3) is 0 Å². The van der Waals surface area contributed by atoms with Gasteiger partial charge in [-0.3, -0.25) is 4.98 Å². The van der Waals surface area contributed by atoms with E-state index in [1.807, 2.05) is 30.5 Å². The predicted molar refractivity (Wildman–Crippen MR) is 84.1 cm³/mol. The molecule has 0 saturated carbocycles. The molecule has 1 aliphatic heterocycles. The second kappa shape index (κ2) is 6.00. The maximum atomic E-state index is 6.16. The lowest BCUT2D eigenvalue weighted by atomic mass is 10.1. The Morgan fingerprint density at radius 1 is 1.15 bits per heavy atom. The Hall–Kier alpha value is -1.29. The van der Waals surface area contributed by atoms with Gasteiger partial charge in [-0.2, -0.15) is 0 Å². The topological polar surface area (TPSA) is 28.2 Å². The Balaban J connectivity index is 2.02. The maximum Gasteiger partial charge on any atom is 0.0613 e. The van der Waals surface area contributed by atoms with Crippen LogP contribution in [0.3, 0.4) is 0 Å². The summed E-state index contributed by atoms with van der Waals surface area (Å²) in [4.78, 5) is 6.49. The summed E-state index contributed by atoms with van der Waals surface area (Å²) in [5, 5.41) is 4.55. The zero-order valence-corrected chi connectivity index (χ0v) is 12.4. The van der Waals surface area contributed by atoms with Gasteiger partial charge in [0.25, 0.3) is 0 Å². The predicted octanol–water partition coefficient (Wildman–Crippen LogP) is 3.89. The van der Waals surface area contributed by atoms with Crippen molar-refractivity contribution in [2.75, 3.05) is 18.0 Å². The molecule has 1 unspecified atom stereocenters.